The van der Waals surface area contributed by atoms with E-state index < -0.39 is 7.14 Å². The molecule has 1 saturated carbocycles. The molecule has 2 rings (SSSR count). The van der Waals surface area contributed by atoms with Crippen molar-refractivity contribution in [3.8, 4) is 0 Å². The summed E-state index contributed by atoms with van der Waals surface area (Å²) in [5.74, 6) is 1.25. The maximum Gasteiger partial charge on any atom is 0.103 e. The highest BCUT2D eigenvalue weighted by atomic mass is 31.2. The number of nitrogens with zero attached hydrogens (tertiary/aromatic N) is 2. The Morgan fingerprint density at radius 3 is 2.42 bits per heavy atom. The zero-order valence-corrected chi connectivity index (χ0v) is 20.9. The van der Waals surface area contributed by atoms with Gasteiger partial charge in [-0.15, -0.1) is 0 Å². The van der Waals surface area contributed by atoms with E-state index in [-0.39, 0.29) is 0 Å². The van der Waals surface area contributed by atoms with Gasteiger partial charge in [-0.05, 0) is 90.0 Å². The second-order valence-corrected chi connectivity index (χ2v) is 12.9. The first-order chi connectivity index (χ1) is 14.6. The van der Waals surface area contributed by atoms with Crippen LogP contribution in [0.1, 0.15) is 59.3 Å². The van der Waals surface area contributed by atoms with Gasteiger partial charge in [0.25, 0.3) is 0 Å². The average Bonchev–Trinajstić information content (AvgIpc) is 2.70. The Kier molecular flexibility index (Phi) is 9.50. The zero-order valence-electron chi connectivity index (χ0n) is 20.0. The van der Waals surface area contributed by atoms with Crippen molar-refractivity contribution >= 4 is 18.6 Å². The van der Waals surface area contributed by atoms with E-state index in [1.807, 2.05) is 27.2 Å². The molecule has 2 N–H and O–H groups in total. The van der Waals surface area contributed by atoms with Crippen LogP contribution in [0.5, 0.6) is 0 Å². The second-order valence-electron chi connectivity index (χ2n) is 9.36. The Morgan fingerprint density at radius 1 is 1.19 bits per heavy atom. The van der Waals surface area contributed by atoms with Gasteiger partial charge in [-0.25, -0.2) is 4.99 Å². The van der Waals surface area contributed by atoms with Crippen LogP contribution in [0.25, 0.3) is 0 Å². The fourth-order valence-electron chi connectivity index (χ4n) is 4.58. The molecular formula is C26H40N3OP. The number of allylic oxidation sites excluding steroid dienone is 8. The highest BCUT2D eigenvalue weighted by molar-refractivity contribution is 7.62. The number of hydrogen-bond donors (Lipinski definition) is 1. The van der Waals surface area contributed by atoms with Gasteiger partial charge in [0.05, 0.1) is 12.9 Å². The molecule has 0 aromatic carbocycles. The molecule has 0 aromatic heterocycles. The molecular weight excluding hydrogens is 401 g/mol. The summed E-state index contributed by atoms with van der Waals surface area (Å²) in [4.78, 5) is 9.21. The Hall–Kier alpha value is -1.93. The number of nitrogens with two attached hydrogens (primary N) is 1. The molecule has 0 saturated heterocycles. The van der Waals surface area contributed by atoms with Crippen LogP contribution in [0, 0.1) is 11.8 Å². The molecule has 2 aliphatic rings. The second kappa shape index (κ2) is 11.6. The average molecular weight is 442 g/mol. The molecule has 5 heteroatoms. The summed E-state index contributed by atoms with van der Waals surface area (Å²) in [6.07, 6.45) is 17.5. The molecule has 1 fully saturated rings. The first-order valence-corrected chi connectivity index (χ1v) is 14.2. The highest BCUT2D eigenvalue weighted by Gasteiger charge is 2.25. The predicted molar refractivity (Wildman–Crippen MR) is 138 cm³/mol. The summed E-state index contributed by atoms with van der Waals surface area (Å²) in [6.45, 7) is 13.7. The molecule has 170 valence electrons. The summed E-state index contributed by atoms with van der Waals surface area (Å²) < 4.78 is 12.1. The van der Waals surface area contributed by atoms with Crippen LogP contribution in [0.15, 0.2) is 69.6 Å². The van der Waals surface area contributed by atoms with Crippen molar-refractivity contribution in [1.29, 1.82) is 0 Å². The van der Waals surface area contributed by atoms with Gasteiger partial charge >= 0.3 is 0 Å². The lowest BCUT2D eigenvalue weighted by Gasteiger charge is -2.30. The molecule has 0 amide bonds. The van der Waals surface area contributed by atoms with E-state index >= 15 is 0 Å². The van der Waals surface area contributed by atoms with E-state index in [0.717, 1.165) is 41.7 Å². The molecule has 0 radical (unpaired) electrons. The van der Waals surface area contributed by atoms with Gasteiger partial charge in [-0.2, -0.15) is 0 Å². The van der Waals surface area contributed by atoms with Crippen molar-refractivity contribution in [3.05, 3.63) is 59.6 Å². The van der Waals surface area contributed by atoms with Gasteiger partial charge in [0, 0.05) is 23.8 Å². The van der Waals surface area contributed by atoms with Gasteiger partial charge in [-0.3, -0.25) is 4.99 Å². The lowest BCUT2D eigenvalue weighted by atomic mass is 9.79. The van der Waals surface area contributed by atoms with Crippen LogP contribution >= 0.6 is 7.14 Å². The maximum absolute atomic E-state index is 12.1. The van der Waals surface area contributed by atoms with Crippen LogP contribution in [-0.2, 0) is 4.57 Å². The van der Waals surface area contributed by atoms with Gasteiger partial charge in [0.15, 0.2) is 0 Å². The third-order valence-corrected chi connectivity index (χ3v) is 7.53. The largest absolute Gasteiger partial charge is 0.400 e. The van der Waals surface area contributed by atoms with Crippen molar-refractivity contribution < 1.29 is 4.57 Å². The van der Waals surface area contributed by atoms with Crippen LogP contribution in [-0.4, -0.2) is 30.9 Å². The number of rotatable bonds is 7. The lowest BCUT2D eigenvalue weighted by molar-refractivity contribution is 0.321. The van der Waals surface area contributed by atoms with Crippen LogP contribution in [0.4, 0.5) is 0 Å². The van der Waals surface area contributed by atoms with Crippen LogP contribution in [0.2, 0.25) is 0 Å². The molecule has 0 bridgehead atoms. The van der Waals surface area contributed by atoms with E-state index in [4.69, 9.17) is 10.7 Å². The number of hydrogen-bond acceptors (Lipinski definition) is 4. The molecule has 0 atom stereocenters. The summed E-state index contributed by atoms with van der Waals surface area (Å²) in [5, 5.41) is 0. The molecule has 0 unspecified atom stereocenters. The number of aliphatic imine (C=N–C) groups is 2. The Balaban J connectivity index is 2.18. The summed E-state index contributed by atoms with van der Waals surface area (Å²) in [7, 11) is -1.92. The minimum absolute atomic E-state index is 0.619. The third kappa shape index (κ3) is 7.92. The van der Waals surface area contributed by atoms with Crippen molar-refractivity contribution in [3.63, 3.8) is 0 Å². The minimum Gasteiger partial charge on any atom is -0.400 e. The van der Waals surface area contributed by atoms with Crippen molar-refractivity contribution in [2.75, 3.05) is 19.5 Å². The van der Waals surface area contributed by atoms with Gasteiger partial charge in [0.2, 0.25) is 0 Å². The van der Waals surface area contributed by atoms with Crippen molar-refractivity contribution in [2.45, 2.75) is 59.3 Å². The summed E-state index contributed by atoms with van der Waals surface area (Å²) in [6, 6.07) is 0. The standard InChI is InChI=1S/C26H40N3OP/c1-7-9-23(24-16-17-25(28-8-2)26(29-24)20(4)27)13-10-19(3)22-14-11-21(12-15-22)18-31(5,6)30/h7-10,13,21-22H,2,11-12,14-18,27H2,1,3-6H3/b9-7-,19-10+,23-13+,26-20-,28-25?. The van der Waals surface area contributed by atoms with Crippen LogP contribution in [0.3, 0.4) is 0 Å². The minimum atomic E-state index is -1.92. The highest BCUT2D eigenvalue weighted by Crippen LogP contribution is 2.44. The Labute approximate surface area is 189 Å². The van der Waals surface area contributed by atoms with Gasteiger partial charge < -0.3 is 10.3 Å². The first-order valence-electron chi connectivity index (χ1n) is 11.4. The topological polar surface area (TPSA) is 67.8 Å². The normalized spacial score (nSPS) is 26.9. The molecule has 31 heavy (non-hydrogen) atoms. The predicted octanol–water partition coefficient (Wildman–Crippen LogP) is 6.87. The first kappa shape index (κ1) is 25.3. The maximum atomic E-state index is 12.1. The van der Waals surface area contributed by atoms with E-state index in [1.165, 1.54) is 31.3 Å². The van der Waals surface area contributed by atoms with E-state index in [9.17, 15) is 4.57 Å². The molecule has 0 spiro atoms. The fraction of sp³-hybridized carbons (Fsp3) is 0.538. The smallest absolute Gasteiger partial charge is 0.103 e. The quantitative estimate of drug-likeness (QED) is 0.346. The van der Waals surface area contributed by atoms with Crippen molar-refractivity contribution in [2.24, 2.45) is 27.6 Å². The zero-order chi connectivity index (χ0) is 23.0. The fourth-order valence-corrected chi connectivity index (χ4v) is 6.19. The van der Waals surface area contributed by atoms with Crippen molar-refractivity contribution in [1.82, 2.24) is 0 Å². The molecule has 1 aliphatic carbocycles. The molecule has 0 aromatic rings. The van der Waals surface area contributed by atoms with E-state index in [0.29, 0.717) is 17.5 Å². The van der Waals surface area contributed by atoms with E-state index in [2.05, 4.69) is 42.8 Å². The monoisotopic (exact) mass is 441 g/mol. The summed E-state index contributed by atoms with van der Waals surface area (Å²) in [5.41, 5.74) is 12.1. The Bertz CT molecular complexity index is 884. The lowest BCUT2D eigenvalue weighted by Crippen LogP contribution is -2.18. The van der Waals surface area contributed by atoms with Gasteiger partial charge in [-0.1, -0.05) is 36.5 Å². The van der Waals surface area contributed by atoms with E-state index in [1.54, 1.807) is 6.20 Å². The molecule has 4 nitrogen and oxygen atoms in total. The third-order valence-electron chi connectivity index (χ3n) is 6.13. The van der Waals surface area contributed by atoms with Gasteiger partial charge in [0.1, 0.15) is 5.70 Å². The van der Waals surface area contributed by atoms with Crippen LogP contribution < -0.4 is 5.73 Å². The SMILES string of the molecule is C=CN=C1CCC(C(/C=C\C)=C/C=C(\C)C2CCC(CP(C)(C)=O)CC2)=N/C1=C(/C)N. The molecule has 1 aliphatic heterocycles. The summed E-state index contributed by atoms with van der Waals surface area (Å²) >= 11 is 0. The Morgan fingerprint density at radius 2 is 1.87 bits per heavy atom. The molecule has 1 heterocycles.